The average Bonchev–Trinajstić information content (AvgIpc) is 2.61. The number of nitrogens with zero attached hydrogens (tertiary/aromatic N) is 1. The molecule has 162 valence electrons. The zero-order chi connectivity index (χ0) is 20.1. The number of nitrogens with one attached hydrogen (secondary N) is 3. The summed E-state index contributed by atoms with van der Waals surface area (Å²) in [4.78, 5) is 4.74. The van der Waals surface area contributed by atoms with Gasteiger partial charge in [-0.05, 0) is 38.3 Å². The fraction of sp³-hybridized carbons (Fsp3) is 0.632. The molecule has 0 atom stereocenters. The molecule has 0 amide bonds. The van der Waals surface area contributed by atoms with Crippen LogP contribution in [0.15, 0.2) is 34.2 Å². The maximum atomic E-state index is 12.2. The van der Waals surface area contributed by atoms with Crippen LogP contribution in [0.3, 0.4) is 0 Å². The summed E-state index contributed by atoms with van der Waals surface area (Å²) in [5.41, 5.74) is 1.02. The van der Waals surface area contributed by atoms with Crippen molar-refractivity contribution in [1.29, 1.82) is 0 Å². The van der Waals surface area contributed by atoms with Gasteiger partial charge in [0.25, 0.3) is 0 Å². The van der Waals surface area contributed by atoms with Crippen LogP contribution < -0.4 is 15.4 Å². The first-order valence-electron chi connectivity index (χ1n) is 9.51. The summed E-state index contributed by atoms with van der Waals surface area (Å²) in [6.45, 7) is 11.7. The lowest BCUT2D eigenvalue weighted by Crippen LogP contribution is -2.41. The number of sulfonamides is 1. The molecule has 1 rings (SSSR count). The maximum Gasteiger partial charge on any atom is 0.240 e. The number of benzene rings is 1. The number of halogens is 1. The highest BCUT2D eigenvalue weighted by molar-refractivity contribution is 14.0. The SMILES string of the molecule is CCNC(=NCCCOCC(C)C)NCCNS(=O)(=O)c1ccc(C)cc1.I. The standard InChI is InChI=1S/C19H34N4O3S.HI/c1-5-20-19(21-11-6-14-26-15-16(2)3)22-12-13-23-27(24,25)18-9-7-17(4)8-10-18;/h7-10,16,23H,5-6,11-15H2,1-4H3,(H2,20,21,22);1H. The molecular weight excluding hydrogens is 491 g/mol. The van der Waals surface area contributed by atoms with Crippen LogP contribution in [-0.4, -0.2) is 53.8 Å². The first kappa shape index (κ1) is 27.1. The minimum absolute atomic E-state index is 0. The lowest BCUT2D eigenvalue weighted by molar-refractivity contribution is 0.109. The molecule has 0 aliphatic heterocycles. The van der Waals surface area contributed by atoms with Gasteiger partial charge in [-0.25, -0.2) is 13.1 Å². The molecule has 3 N–H and O–H groups in total. The number of aryl methyl sites for hydroxylation is 1. The van der Waals surface area contributed by atoms with E-state index >= 15 is 0 Å². The predicted octanol–water partition coefficient (Wildman–Crippen LogP) is 2.51. The van der Waals surface area contributed by atoms with Gasteiger partial charge in [0.1, 0.15) is 0 Å². The van der Waals surface area contributed by atoms with Crippen LogP contribution in [-0.2, 0) is 14.8 Å². The molecule has 0 saturated carbocycles. The predicted molar refractivity (Wildman–Crippen MR) is 126 cm³/mol. The number of guanidine groups is 1. The van der Waals surface area contributed by atoms with E-state index in [0.29, 0.717) is 31.6 Å². The molecule has 0 radical (unpaired) electrons. The number of aliphatic imine (C=N–C) groups is 1. The monoisotopic (exact) mass is 526 g/mol. The Kier molecular flexibility index (Phi) is 14.5. The van der Waals surface area contributed by atoms with Gasteiger partial charge in [0, 0.05) is 39.4 Å². The van der Waals surface area contributed by atoms with Crippen molar-refractivity contribution in [3.8, 4) is 0 Å². The molecule has 0 aliphatic rings. The van der Waals surface area contributed by atoms with Gasteiger partial charge in [-0.15, -0.1) is 24.0 Å². The van der Waals surface area contributed by atoms with E-state index in [1.54, 1.807) is 24.3 Å². The molecule has 9 heteroatoms. The summed E-state index contributed by atoms with van der Waals surface area (Å²) in [5, 5.41) is 6.28. The first-order chi connectivity index (χ1) is 12.8. The summed E-state index contributed by atoms with van der Waals surface area (Å²) < 4.78 is 32.6. The van der Waals surface area contributed by atoms with Crippen molar-refractivity contribution in [2.24, 2.45) is 10.9 Å². The van der Waals surface area contributed by atoms with Gasteiger partial charge in [0.05, 0.1) is 4.90 Å². The van der Waals surface area contributed by atoms with Crippen LogP contribution in [0.2, 0.25) is 0 Å². The highest BCUT2D eigenvalue weighted by atomic mass is 127. The highest BCUT2D eigenvalue weighted by Gasteiger charge is 2.12. The summed E-state index contributed by atoms with van der Waals surface area (Å²) >= 11 is 0. The molecule has 0 fully saturated rings. The zero-order valence-electron chi connectivity index (χ0n) is 17.3. The molecule has 0 heterocycles. The molecule has 0 aliphatic carbocycles. The van der Waals surface area contributed by atoms with E-state index in [9.17, 15) is 8.42 Å². The Morgan fingerprint density at radius 2 is 1.82 bits per heavy atom. The van der Waals surface area contributed by atoms with Crippen LogP contribution in [0.5, 0.6) is 0 Å². The molecule has 0 aromatic heterocycles. The largest absolute Gasteiger partial charge is 0.381 e. The van der Waals surface area contributed by atoms with Crippen LogP contribution in [0.1, 0.15) is 32.8 Å². The summed E-state index contributed by atoms with van der Waals surface area (Å²) in [6, 6.07) is 6.79. The fourth-order valence-corrected chi connectivity index (χ4v) is 3.22. The van der Waals surface area contributed by atoms with Crippen molar-refractivity contribution in [2.45, 2.75) is 39.0 Å². The van der Waals surface area contributed by atoms with Crippen LogP contribution in [0.25, 0.3) is 0 Å². The van der Waals surface area contributed by atoms with E-state index in [-0.39, 0.29) is 35.4 Å². The van der Waals surface area contributed by atoms with Gasteiger partial charge in [0.15, 0.2) is 5.96 Å². The molecule has 0 saturated heterocycles. The lowest BCUT2D eigenvalue weighted by atomic mass is 10.2. The van der Waals surface area contributed by atoms with Gasteiger partial charge < -0.3 is 15.4 Å². The molecule has 1 aromatic carbocycles. The molecule has 0 bridgehead atoms. The average molecular weight is 526 g/mol. The Balaban J connectivity index is 0.00000729. The van der Waals surface area contributed by atoms with E-state index in [0.717, 1.165) is 25.1 Å². The van der Waals surface area contributed by atoms with Crippen molar-refractivity contribution < 1.29 is 13.2 Å². The second kappa shape index (κ2) is 15.0. The van der Waals surface area contributed by atoms with E-state index in [1.807, 2.05) is 13.8 Å². The third-order valence-electron chi connectivity index (χ3n) is 3.55. The molecule has 1 aromatic rings. The topological polar surface area (TPSA) is 91.8 Å². The minimum atomic E-state index is -3.49. The minimum Gasteiger partial charge on any atom is -0.381 e. The van der Waals surface area contributed by atoms with E-state index in [2.05, 4.69) is 34.2 Å². The van der Waals surface area contributed by atoms with Crippen molar-refractivity contribution >= 4 is 40.0 Å². The Morgan fingerprint density at radius 1 is 1.14 bits per heavy atom. The Morgan fingerprint density at radius 3 is 2.43 bits per heavy atom. The molecular formula is C19H35IN4O3S. The fourth-order valence-electron chi connectivity index (χ4n) is 2.19. The summed E-state index contributed by atoms with van der Waals surface area (Å²) in [6.07, 6.45) is 0.851. The molecule has 28 heavy (non-hydrogen) atoms. The van der Waals surface area contributed by atoms with Gasteiger partial charge in [-0.1, -0.05) is 31.5 Å². The van der Waals surface area contributed by atoms with E-state index in [4.69, 9.17) is 4.74 Å². The third kappa shape index (κ3) is 11.8. The van der Waals surface area contributed by atoms with Crippen molar-refractivity contribution in [3.63, 3.8) is 0 Å². The van der Waals surface area contributed by atoms with Crippen molar-refractivity contribution in [3.05, 3.63) is 29.8 Å². The normalized spacial score (nSPS) is 12.0. The Bertz CT molecular complexity index is 664. The quantitative estimate of drug-likeness (QED) is 0.169. The lowest BCUT2D eigenvalue weighted by Gasteiger charge is -2.12. The van der Waals surface area contributed by atoms with Gasteiger partial charge in [0.2, 0.25) is 10.0 Å². The summed E-state index contributed by atoms with van der Waals surface area (Å²) in [5.74, 6) is 1.21. The van der Waals surface area contributed by atoms with Gasteiger partial charge >= 0.3 is 0 Å². The zero-order valence-corrected chi connectivity index (χ0v) is 20.5. The molecule has 7 nitrogen and oxygen atoms in total. The number of hydrogen-bond donors (Lipinski definition) is 3. The number of hydrogen-bond acceptors (Lipinski definition) is 4. The second-order valence-corrected chi connectivity index (χ2v) is 8.49. The van der Waals surface area contributed by atoms with E-state index in [1.165, 1.54) is 0 Å². The number of rotatable bonds is 12. The third-order valence-corrected chi connectivity index (χ3v) is 5.03. The smallest absolute Gasteiger partial charge is 0.240 e. The van der Waals surface area contributed by atoms with Crippen LogP contribution >= 0.6 is 24.0 Å². The van der Waals surface area contributed by atoms with Gasteiger partial charge in [-0.3, -0.25) is 4.99 Å². The Labute approximate surface area is 187 Å². The maximum absolute atomic E-state index is 12.2. The molecule has 0 spiro atoms. The van der Waals surface area contributed by atoms with Crippen LogP contribution in [0.4, 0.5) is 0 Å². The van der Waals surface area contributed by atoms with Crippen molar-refractivity contribution in [1.82, 2.24) is 15.4 Å². The summed E-state index contributed by atoms with van der Waals surface area (Å²) in [7, 11) is -3.49. The van der Waals surface area contributed by atoms with Crippen molar-refractivity contribution in [2.75, 3.05) is 39.4 Å². The number of ether oxygens (including phenoxy) is 1. The first-order valence-corrected chi connectivity index (χ1v) is 11.0. The van der Waals surface area contributed by atoms with Gasteiger partial charge in [-0.2, -0.15) is 0 Å². The van der Waals surface area contributed by atoms with Crippen LogP contribution in [0, 0.1) is 12.8 Å². The highest BCUT2D eigenvalue weighted by Crippen LogP contribution is 2.09. The molecule has 0 unspecified atom stereocenters. The van der Waals surface area contributed by atoms with E-state index < -0.39 is 10.0 Å². The Hall–Kier alpha value is -0.910. The second-order valence-electron chi connectivity index (χ2n) is 6.72.